The maximum absolute atomic E-state index is 5.70. The van der Waals surface area contributed by atoms with Gasteiger partial charge in [-0.25, -0.2) is 4.98 Å². The molecule has 0 bridgehead atoms. The number of fused-ring (bicyclic) bond motifs is 1. The third kappa shape index (κ3) is 3.10. The van der Waals surface area contributed by atoms with Gasteiger partial charge in [0.15, 0.2) is 11.5 Å². The lowest BCUT2D eigenvalue weighted by molar-refractivity contribution is 0.297. The van der Waals surface area contributed by atoms with Crippen molar-refractivity contribution in [1.82, 2.24) is 4.98 Å². The van der Waals surface area contributed by atoms with E-state index in [1.807, 2.05) is 24.4 Å². The average Bonchev–Trinajstić information content (AvgIpc) is 2.68. The van der Waals surface area contributed by atoms with Crippen LogP contribution in [0.1, 0.15) is 12.0 Å². The van der Waals surface area contributed by atoms with Crippen LogP contribution in [-0.2, 0) is 0 Å². The van der Waals surface area contributed by atoms with Gasteiger partial charge >= 0.3 is 0 Å². The molecule has 104 valence electrons. The molecule has 0 saturated heterocycles. The molecule has 2 heterocycles. The van der Waals surface area contributed by atoms with E-state index in [1.54, 1.807) is 11.8 Å². The van der Waals surface area contributed by atoms with Gasteiger partial charge in [0.2, 0.25) is 0 Å². The number of ether oxygens (including phenoxy) is 2. The van der Waals surface area contributed by atoms with Crippen LogP contribution in [0.15, 0.2) is 44.9 Å². The van der Waals surface area contributed by atoms with Crippen LogP contribution in [0, 0.1) is 6.92 Å². The summed E-state index contributed by atoms with van der Waals surface area (Å²) in [7, 11) is 0. The minimum atomic E-state index is 0.705. The SMILES string of the molecule is Cc1cc(Sc2ccc3c(c2)OCCCO3)ncc1Br. The van der Waals surface area contributed by atoms with Crippen LogP contribution in [0.25, 0.3) is 0 Å². The van der Waals surface area contributed by atoms with Crippen molar-refractivity contribution in [3.05, 3.63) is 40.5 Å². The molecule has 0 radical (unpaired) electrons. The van der Waals surface area contributed by atoms with Gasteiger partial charge in [0.05, 0.1) is 13.2 Å². The van der Waals surface area contributed by atoms with Gasteiger partial charge in [-0.2, -0.15) is 0 Å². The van der Waals surface area contributed by atoms with Crippen molar-refractivity contribution in [1.29, 1.82) is 0 Å². The van der Waals surface area contributed by atoms with Gasteiger partial charge in [-0.1, -0.05) is 11.8 Å². The van der Waals surface area contributed by atoms with Crippen molar-refractivity contribution in [2.45, 2.75) is 23.3 Å². The number of rotatable bonds is 2. The molecule has 0 saturated carbocycles. The highest BCUT2D eigenvalue weighted by Gasteiger charge is 2.11. The minimum Gasteiger partial charge on any atom is -0.490 e. The number of aromatic nitrogens is 1. The lowest BCUT2D eigenvalue weighted by atomic mass is 10.3. The molecule has 0 N–H and O–H groups in total. The lowest BCUT2D eigenvalue weighted by Gasteiger charge is -2.09. The number of hydrogen-bond acceptors (Lipinski definition) is 4. The average molecular weight is 352 g/mol. The molecule has 0 aliphatic carbocycles. The molecule has 3 rings (SSSR count). The number of halogens is 1. The maximum Gasteiger partial charge on any atom is 0.162 e. The Labute approximate surface area is 130 Å². The molecule has 0 unspecified atom stereocenters. The molecular weight excluding hydrogens is 338 g/mol. The standard InChI is InChI=1S/C15H14BrNO2S/c1-10-7-15(17-9-12(10)16)20-11-3-4-13-14(8-11)19-6-2-5-18-13/h3-4,7-9H,2,5-6H2,1H3. The third-order valence-corrected chi connectivity index (χ3v) is 4.72. The normalized spacial score (nSPS) is 13.9. The van der Waals surface area contributed by atoms with Gasteiger partial charge < -0.3 is 9.47 Å². The monoisotopic (exact) mass is 351 g/mol. The smallest absolute Gasteiger partial charge is 0.162 e. The number of aryl methyl sites for hydroxylation is 1. The minimum absolute atomic E-state index is 0.705. The fraction of sp³-hybridized carbons (Fsp3) is 0.267. The van der Waals surface area contributed by atoms with E-state index < -0.39 is 0 Å². The molecule has 1 aliphatic rings. The summed E-state index contributed by atoms with van der Waals surface area (Å²) in [5.74, 6) is 1.65. The molecule has 0 fully saturated rings. The van der Waals surface area contributed by atoms with Crippen molar-refractivity contribution < 1.29 is 9.47 Å². The highest BCUT2D eigenvalue weighted by molar-refractivity contribution is 9.10. The molecule has 1 aromatic carbocycles. The molecule has 1 aromatic heterocycles. The fourth-order valence-corrected chi connectivity index (χ4v) is 3.00. The molecule has 5 heteroatoms. The third-order valence-electron chi connectivity index (χ3n) is 2.96. The summed E-state index contributed by atoms with van der Waals surface area (Å²) in [6.45, 7) is 3.48. The topological polar surface area (TPSA) is 31.4 Å². The zero-order valence-corrected chi connectivity index (χ0v) is 13.5. The number of hydrogen-bond donors (Lipinski definition) is 0. The molecule has 1 aliphatic heterocycles. The first kappa shape index (κ1) is 13.8. The Morgan fingerprint density at radius 1 is 1.15 bits per heavy atom. The zero-order chi connectivity index (χ0) is 13.9. The molecule has 2 aromatic rings. The van der Waals surface area contributed by atoms with Crippen LogP contribution in [0.5, 0.6) is 11.5 Å². The van der Waals surface area contributed by atoms with Crippen molar-refractivity contribution >= 4 is 27.7 Å². The molecule has 3 nitrogen and oxygen atoms in total. The van der Waals surface area contributed by atoms with Gasteiger partial charge in [0, 0.05) is 22.0 Å². The van der Waals surface area contributed by atoms with E-state index in [4.69, 9.17) is 9.47 Å². The second kappa shape index (κ2) is 6.06. The summed E-state index contributed by atoms with van der Waals surface area (Å²) in [5.41, 5.74) is 1.18. The Kier molecular flexibility index (Phi) is 4.17. The van der Waals surface area contributed by atoms with Gasteiger partial charge in [-0.3, -0.25) is 0 Å². The Bertz CT molecular complexity index is 633. The van der Waals surface area contributed by atoms with Crippen molar-refractivity contribution in [3.8, 4) is 11.5 Å². The second-order valence-electron chi connectivity index (χ2n) is 4.53. The Morgan fingerprint density at radius 2 is 1.95 bits per heavy atom. The largest absolute Gasteiger partial charge is 0.490 e. The van der Waals surface area contributed by atoms with Crippen LogP contribution in [-0.4, -0.2) is 18.2 Å². The summed E-state index contributed by atoms with van der Waals surface area (Å²) in [6, 6.07) is 8.09. The first-order chi connectivity index (χ1) is 9.72. The lowest BCUT2D eigenvalue weighted by Crippen LogP contribution is -1.97. The predicted octanol–water partition coefficient (Wildman–Crippen LogP) is 4.47. The molecule has 20 heavy (non-hydrogen) atoms. The molecule has 0 atom stereocenters. The van der Waals surface area contributed by atoms with E-state index in [9.17, 15) is 0 Å². The number of nitrogens with zero attached hydrogens (tertiary/aromatic N) is 1. The van der Waals surface area contributed by atoms with E-state index in [0.717, 1.165) is 32.3 Å². The Hall–Kier alpha value is -1.20. The molecular formula is C15H14BrNO2S. The fourth-order valence-electron chi connectivity index (χ4n) is 1.90. The maximum atomic E-state index is 5.70. The van der Waals surface area contributed by atoms with Crippen LogP contribution >= 0.6 is 27.7 Å². The highest BCUT2D eigenvalue weighted by Crippen LogP contribution is 2.36. The van der Waals surface area contributed by atoms with Gasteiger partial charge in [-0.05, 0) is 52.7 Å². The first-order valence-electron chi connectivity index (χ1n) is 6.42. The summed E-state index contributed by atoms with van der Waals surface area (Å²) in [4.78, 5) is 5.51. The molecule has 0 amide bonds. The molecule has 0 spiro atoms. The van der Waals surface area contributed by atoms with Gasteiger partial charge in [-0.15, -0.1) is 0 Å². The highest BCUT2D eigenvalue weighted by atomic mass is 79.9. The van der Waals surface area contributed by atoms with Crippen LogP contribution < -0.4 is 9.47 Å². The zero-order valence-electron chi connectivity index (χ0n) is 11.1. The van der Waals surface area contributed by atoms with Gasteiger partial charge in [0.1, 0.15) is 5.03 Å². The van der Waals surface area contributed by atoms with E-state index in [1.165, 1.54) is 5.56 Å². The quantitative estimate of drug-likeness (QED) is 0.798. The first-order valence-corrected chi connectivity index (χ1v) is 8.03. The summed E-state index contributed by atoms with van der Waals surface area (Å²) >= 11 is 5.09. The van der Waals surface area contributed by atoms with Gasteiger partial charge in [0.25, 0.3) is 0 Å². The Morgan fingerprint density at radius 3 is 2.75 bits per heavy atom. The van der Waals surface area contributed by atoms with Crippen LogP contribution in [0.4, 0.5) is 0 Å². The Balaban J connectivity index is 1.83. The number of pyridine rings is 1. The van der Waals surface area contributed by atoms with E-state index in [0.29, 0.717) is 13.2 Å². The predicted molar refractivity (Wildman–Crippen MR) is 82.8 cm³/mol. The van der Waals surface area contributed by atoms with Crippen molar-refractivity contribution in [2.75, 3.05) is 13.2 Å². The van der Waals surface area contributed by atoms with Crippen LogP contribution in [0.2, 0.25) is 0 Å². The number of benzene rings is 1. The van der Waals surface area contributed by atoms with E-state index in [2.05, 4.69) is 33.9 Å². The second-order valence-corrected chi connectivity index (χ2v) is 6.48. The summed E-state index contributed by atoms with van der Waals surface area (Å²) in [5, 5.41) is 0.972. The van der Waals surface area contributed by atoms with Crippen LogP contribution in [0.3, 0.4) is 0 Å². The van der Waals surface area contributed by atoms with E-state index >= 15 is 0 Å². The van der Waals surface area contributed by atoms with Crippen molar-refractivity contribution in [2.24, 2.45) is 0 Å². The van der Waals surface area contributed by atoms with E-state index in [-0.39, 0.29) is 0 Å². The summed E-state index contributed by atoms with van der Waals surface area (Å²) < 4.78 is 12.4. The van der Waals surface area contributed by atoms with Crippen molar-refractivity contribution in [3.63, 3.8) is 0 Å². The summed E-state index contributed by atoms with van der Waals surface area (Å²) in [6.07, 6.45) is 2.76.